The molecule has 1 aliphatic carbocycles. The second-order valence-electron chi connectivity index (χ2n) is 8.37. The van der Waals surface area contributed by atoms with E-state index in [1.807, 2.05) is 30.3 Å². The van der Waals surface area contributed by atoms with Crippen molar-refractivity contribution in [2.45, 2.75) is 44.1 Å². The van der Waals surface area contributed by atoms with Crippen LogP contribution in [0, 0.1) is 11.7 Å². The maximum absolute atomic E-state index is 13.4. The van der Waals surface area contributed by atoms with Gasteiger partial charge in [-0.25, -0.2) is 9.18 Å². The lowest BCUT2D eigenvalue weighted by atomic mass is 9.86. The summed E-state index contributed by atoms with van der Waals surface area (Å²) in [6.45, 7) is 1.05. The summed E-state index contributed by atoms with van der Waals surface area (Å²) in [5, 5.41) is 6.19. The molecule has 1 saturated carbocycles. The van der Waals surface area contributed by atoms with Gasteiger partial charge in [-0.15, -0.1) is 0 Å². The fourth-order valence-corrected chi connectivity index (χ4v) is 4.67. The van der Waals surface area contributed by atoms with Crippen LogP contribution in [0.4, 0.5) is 14.9 Å². The van der Waals surface area contributed by atoms with Crippen LogP contribution in [0.2, 0.25) is 0 Å². The van der Waals surface area contributed by atoms with Gasteiger partial charge < -0.3 is 15.5 Å². The van der Waals surface area contributed by atoms with Crippen molar-refractivity contribution in [3.63, 3.8) is 0 Å². The van der Waals surface area contributed by atoms with Gasteiger partial charge in [-0.2, -0.15) is 0 Å². The van der Waals surface area contributed by atoms with E-state index in [2.05, 4.69) is 10.6 Å². The number of urea groups is 1. The van der Waals surface area contributed by atoms with Crippen LogP contribution in [0.25, 0.3) is 0 Å². The molecule has 1 heterocycles. The summed E-state index contributed by atoms with van der Waals surface area (Å²) in [7, 11) is 0. The molecular formula is C24H28FN3O2. The molecule has 2 fully saturated rings. The van der Waals surface area contributed by atoms with Gasteiger partial charge in [0.25, 0.3) is 0 Å². The summed E-state index contributed by atoms with van der Waals surface area (Å²) in [4.78, 5) is 27.5. The largest absolute Gasteiger partial charge is 0.346 e. The molecule has 1 unspecified atom stereocenters. The number of anilines is 1. The number of amides is 3. The van der Waals surface area contributed by atoms with Crippen molar-refractivity contribution in [1.82, 2.24) is 10.2 Å². The van der Waals surface area contributed by atoms with Gasteiger partial charge in [0, 0.05) is 18.8 Å². The van der Waals surface area contributed by atoms with Gasteiger partial charge in [0.1, 0.15) is 5.82 Å². The molecule has 30 heavy (non-hydrogen) atoms. The normalized spacial score (nSPS) is 20.6. The highest BCUT2D eigenvalue weighted by Gasteiger charge is 2.39. The summed E-state index contributed by atoms with van der Waals surface area (Å²) in [5.74, 6) is -0.526. The molecule has 2 aliphatic rings. The zero-order valence-electron chi connectivity index (χ0n) is 17.1. The topological polar surface area (TPSA) is 61.4 Å². The van der Waals surface area contributed by atoms with E-state index in [0.29, 0.717) is 13.1 Å². The molecule has 2 aromatic carbocycles. The zero-order chi connectivity index (χ0) is 21.0. The number of para-hydroxylation sites is 1. The quantitative estimate of drug-likeness (QED) is 0.772. The lowest BCUT2D eigenvalue weighted by Gasteiger charge is -2.36. The van der Waals surface area contributed by atoms with Gasteiger partial charge in [-0.1, -0.05) is 43.2 Å². The van der Waals surface area contributed by atoms with Gasteiger partial charge in [-0.3, -0.25) is 4.79 Å². The Morgan fingerprint density at radius 2 is 1.67 bits per heavy atom. The molecule has 5 nitrogen and oxygen atoms in total. The van der Waals surface area contributed by atoms with Crippen molar-refractivity contribution in [2.24, 2.45) is 5.92 Å². The Bertz CT molecular complexity index is 879. The molecule has 0 radical (unpaired) electrons. The Labute approximate surface area is 176 Å². The third kappa shape index (κ3) is 4.48. The number of nitrogens with one attached hydrogen (secondary N) is 2. The maximum Gasteiger partial charge on any atom is 0.321 e. The SMILES string of the molecule is O=C(NC1(c2ccc(F)cc2)CCCC1)C1CCCN(C(=O)Nc2ccccc2)C1. The average molecular weight is 410 g/mol. The molecule has 0 spiro atoms. The molecule has 0 aromatic heterocycles. The van der Waals surface area contributed by atoms with Gasteiger partial charge in [0.15, 0.2) is 0 Å². The lowest BCUT2D eigenvalue weighted by molar-refractivity contribution is -0.128. The van der Waals surface area contributed by atoms with Crippen LogP contribution in [-0.4, -0.2) is 29.9 Å². The van der Waals surface area contributed by atoms with Crippen molar-refractivity contribution in [1.29, 1.82) is 0 Å². The molecule has 158 valence electrons. The summed E-state index contributed by atoms with van der Waals surface area (Å²) in [5.41, 5.74) is 1.28. The van der Waals surface area contributed by atoms with Crippen molar-refractivity contribution in [3.8, 4) is 0 Å². The first kappa shape index (κ1) is 20.4. The second-order valence-corrected chi connectivity index (χ2v) is 8.37. The molecular weight excluding hydrogens is 381 g/mol. The number of hydrogen-bond donors (Lipinski definition) is 2. The Kier molecular flexibility index (Phi) is 6.02. The number of rotatable bonds is 4. The fourth-order valence-electron chi connectivity index (χ4n) is 4.67. The van der Waals surface area contributed by atoms with Crippen LogP contribution in [0.3, 0.4) is 0 Å². The Balaban J connectivity index is 1.42. The molecule has 2 N–H and O–H groups in total. The van der Waals surface area contributed by atoms with E-state index in [1.54, 1.807) is 17.0 Å². The number of nitrogens with zero attached hydrogens (tertiary/aromatic N) is 1. The van der Waals surface area contributed by atoms with E-state index < -0.39 is 5.54 Å². The summed E-state index contributed by atoms with van der Waals surface area (Å²) in [6.07, 6.45) is 5.34. The van der Waals surface area contributed by atoms with E-state index in [4.69, 9.17) is 0 Å². The van der Waals surface area contributed by atoms with E-state index in [-0.39, 0.29) is 23.7 Å². The van der Waals surface area contributed by atoms with Gasteiger partial charge in [0.05, 0.1) is 11.5 Å². The standard InChI is InChI=1S/C24H28FN3O2/c25-20-12-10-19(11-13-20)24(14-4-5-15-24)27-22(29)18-7-6-16-28(17-18)23(30)26-21-8-2-1-3-9-21/h1-3,8-13,18H,4-7,14-17H2,(H,26,30)(H,27,29). The Morgan fingerprint density at radius 1 is 0.967 bits per heavy atom. The number of halogens is 1. The summed E-state index contributed by atoms with van der Waals surface area (Å²) < 4.78 is 13.4. The van der Waals surface area contributed by atoms with Crippen molar-refractivity contribution >= 4 is 17.6 Å². The van der Waals surface area contributed by atoms with Crippen LogP contribution in [0.15, 0.2) is 54.6 Å². The van der Waals surface area contributed by atoms with Gasteiger partial charge in [0.2, 0.25) is 5.91 Å². The fraction of sp³-hybridized carbons (Fsp3) is 0.417. The number of carbonyl (C=O) groups is 2. The molecule has 4 rings (SSSR count). The first-order valence-corrected chi connectivity index (χ1v) is 10.7. The van der Waals surface area contributed by atoms with Gasteiger partial charge in [-0.05, 0) is 55.5 Å². The van der Waals surface area contributed by atoms with E-state index >= 15 is 0 Å². The first-order chi connectivity index (χ1) is 14.6. The molecule has 0 bridgehead atoms. The van der Waals surface area contributed by atoms with Crippen LogP contribution in [0.1, 0.15) is 44.1 Å². The number of benzene rings is 2. The smallest absolute Gasteiger partial charge is 0.321 e. The predicted molar refractivity (Wildman–Crippen MR) is 114 cm³/mol. The third-order valence-electron chi connectivity index (χ3n) is 6.32. The number of hydrogen-bond acceptors (Lipinski definition) is 2. The van der Waals surface area contributed by atoms with Crippen LogP contribution < -0.4 is 10.6 Å². The second kappa shape index (κ2) is 8.86. The first-order valence-electron chi connectivity index (χ1n) is 10.7. The Hall–Kier alpha value is -2.89. The van der Waals surface area contributed by atoms with Crippen molar-refractivity contribution < 1.29 is 14.0 Å². The highest BCUT2D eigenvalue weighted by Crippen LogP contribution is 2.39. The monoisotopic (exact) mass is 409 g/mol. The van der Waals surface area contributed by atoms with E-state index in [1.165, 1.54) is 12.1 Å². The van der Waals surface area contributed by atoms with Crippen LogP contribution >= 0.6 is 0 Å². The zero-order valence-corrected chi connectivity index (χ0v) is 17.1. The number of piperidine rings is 1. The van der Waals surface area contributed by atoms with Crippen molar-refractivity contribution in [2.75, 3.05) is 18.4 Å². The minimum absolute atomic E-state index is 0.0153. The van der Waals surface area contributed by atoms with E-state index in [0.717, 1.165) is 49.8 Å². The van der Waals surface area contributed by atoms with Crippen LogP contribution in [-0.2, 0) is 10.3 Å². The number of carbonyl (C=O) groups excluding carboxylic acids is 2. The highest BCUT2D eigenvalue weighted by atomic mass is 19.1. The van der Waals surface area contributed by atoms with Crippen LogP contribution in [0.5, 0.6) is 0 Å². The Morgan fingerprint density at radius 3 is 2.37 bits per heavy atom. The molecule has 6 heteroatoms. The van der Waals surface area contributed by atoms with Crippen molar-refractivity contribution in [3.05, 3.63) is 66.0 Å². The lowest BCUT2D eigenvalue weighted by Crippen LogP contribution is -2.51. The summed E-state index contributed by atoms with van der Waals surface area (Å²) in [6, 6.07) is 15.6. The number of likely N-dealkylation sites (tertiary alicyclic amines) is 1. The summed E-state index contributed by atoms with van der Waals surface area (Å²) >= 11 is 0. The average Bonchev–Trinajstić information content (AvgIpc) is 3.24. The molecule has 3 amide bonds. The third-order valence-corrected chi connectivity index (χ3v) is 6.32. The molecule has 1 saturated heterocycles. The van der Waals surface area contributed by atoms with Gasteiger partial charge >= 0.3 is 6.03 Å². The molecule has 1 aliphatic heterocycles. The minimum atomic E-state index is -0.431. The highest BCUT2D eigenvalue weighted by molar-refractivity contribution is 5.90. The van der Waals surface area contributed by atoms with E-state index in [9.17, 15) is 14.0 Å². The maximum atomic E-state index is 13.4. The molecule has 1 atom stereocenters. The molecule has 2 aromatic rings. The minimum Gasteiger partial charge on any atom is -0.346 e. The predicted octanol–water partition coefficient (Wildman–Crippen LogP) is 4.66.